The lowest BCUT2D eigenvalue weighted by Gasteiger charge is -2.36. The number of morpholine rings is 1. The summed E-state index contributed by atoms with van der Waals surface area (Å²) in [4.78, 5) is 20.2. The summed E-state index contributed by atoms with van der Waals surface area (Å²) in [6.07, 6.45) is 1.83. The standard InChI is InChI=1S/C23H28N8O/c24-23-27-20(26-18-4-6-19(7-5-18)29-13-15-32-16-14-29)17-22(28-23)31-11-9-30(10-12-31)21-3-1-2-8-25-21/h1-8,17H,9-16H2,(H3,24,26,27,28). The number of nitrogens with two attached hydrogens (primary N) is 1. The van der Waals surface area contributed by atoms with Gasteiger partial charge in [0.05, 0.1) is 13.2 Å². The van der Waals surface area contributed by atoms with Gasteiger partial charge in [-0.25, -0.2) is 4.98 Å². The van der Waals surface area contributed by atoms with E-state index < -0.39 is 0 Å². The maximum atomic E-state index is 6.03. The summed E-state index contributed by atoms with van der Waals surface area (Å²) in [5.74, 6) is 2.81. The number of nitrogen functional groups attached to an aromatic ring is 1. The second-order valence-corrected chi connectivity index (χ2v) is 7.90. The number of pyridine rings is 1. The molecule has 0 spiro atoms. The first-order valence-corrected chi connectivity index (χ1v) is 11.0. The first kappa shape index (κ1) is 20.3. The van der Waals surface area contributed by atoms with Crippen molar-refractivity contribution in [1.29, 1.82) is 0 Å². The molecule has 0 unspecified atom stereocenters. The molecular weight excluding hydrogens is 404 g/mol. The van der Waals surface area contributed by atoms with Crippen LogP contribution in [0.5, 0.6) is 0 Å². The predicted octanol–water partition coefficient (Wildman–Crippen LogP) is 2.36. The molecule has 0 radical (unpaired) electrons. The number of piperazine rings is 1. The van der Waals surface area contributed by atoms with Crippen LogP contribution in [0.2, 0.25) is 0 Å². The molecule has 1 aromatic carbocycles. The van der Waals surface area contributed by atoms with E-state index in [9.17, 15) is 0 Å². The molecule has 166 valence electrons. The molecule has 0 amide bonds. The minimum atomic E-state index is 0.266. The molecule has 9 nitrogen and oxygen atoms in total. The summed E-state index contributed by atoms with van der Waals surface area (Å²) in [6.45, 7) is 6.86. The highest BCUT2D eigenvalue weighted by Gasteiger charge is 2.20. The summed E-state index contributed by atoms with van der Waals surface area (Å²) in [5.41, 5.74) is 8.20. The number of aromatic nitrogens is 3. The molecule has 0 saturated carbocycles. The van der Waals surface area contributed by atoms with Crippen LogP contribution in [0.25, 0.3) is 0 Å². The van der Waals surface area contributed by atoms with Gasteiger partial charge < -0.3 is 30.5 Å². The summed E-state index contributed by atoms with van der Waals surface area (Å²) >= 11 is 0. The van der Waals surface area contributed by atoms with Gasteiger partial charge in [-0.1, -0.05) is 6.07 Å². The van der Waals surface area contributed by atoms with Crippen molar-refractivity contribution in [1.82, 2.24) is 15.0 Å². The van der Waals surface area contributed by atoms with Crippen LogP contribution in [-0.2, 0) is 4.74 Å². The van der Waals surface area contributed by atoms with Gasteiger partial charge in [0.2, 0.25) is 5.95 Å². The first-order chi connectivity index (χ1) is 15.7. The van der Waals surface area contributed by atoms with Crippen molar-refractivity contribution in [2.45, 2.75) is 0 Å². The number of anilines is 6. The smallest absolute Gasteiger partial charge is 0.223 e. The van der Waals surface area contributed by atoms with E-state index in [1.165, 1.54) is 5.69 Å². The zero-order valence-corrected chi connectivity index (χ0v) is 18.0. The van der Waals surface area contributed by atoms with E-state index in [4.69, 9.17) is 10.5 Å². The van der Waals surface area contributed by atoms with Crippen molar-refractivity contribution in [2.75, 3.05) is 78.2 Å². The topological polar surface area (TPSA) is 95.7 Å². The summed E-state index contributed by atoms with van der Waals surface area (Å²) in [6, 6.07) is 16.3. The second kappa shape index (κ2) is 9.27. The molecule has 2 fully saturated rings. The third-order valence-electron chi connectivity index (χ3n) is 5.82. The van der Waals surface area contributed by atoms with Gasteiger partial charge in [0, 0.05) is 62.9 Å². The van der Waals surface area contributed by atoms with Crippen LogP contribution in [-0.4, -0.2) is 67.4 Å². The Morgan fingerprint density at radius 3 is 2.19 bits per heavy atom. The van der Waals surface area contributed by atoms with Gasteiger partial charge in [-0.2, -0.15) is 9.97 Å². The summed E-state index contributed by atoms with van der Waals surface area (Å²) < 4.78 is 5.43. The number of nitrogens with zero attached hydrogens (tertiary/aromatic N) is 6. The Labute approximate surface area is 187 Å². The molecule has 3 N–H and O–H groups in total. The number of nitrogens with one attached hydrogen (secondary N) is 1. The number of ether oxygens (including phenoxy) is 1. The molecule has 2 aromatic heterocycles. The lowest BCUT2D eigenvalue weighted by atomic mass is 10.2. The Bertz CT molecular complexity index is 1020. The van der Waals surface area contributed by atoms with Crippen molar-refractivity contribution >= 4 is 34.8 Å². The highest BCUT2D eigenvalue weighted by Crippen LogP contribution is 2.25. The minimum Gasteiger partial charge on any atom is -0.378 e. The van der Waals surface area contributed by atoms with Gasteiger partial charge in [-0.3, -0.25) is 0 Å². The van der Waals surface area contributed by atoms with Crippen molar-refractivity contribution in [3.8, 4) is 0 Å². The fraction of sp³-hybridized carbons (Fsp3) is 0.348. The van der Waals surface area contributed by atoms with E-state index in [2.05, 4.69) is 59.2 Å². The quantitative estimate of drug-likeness (QED) is 0.630. The van der Waals surface area contributed by atoms with Crippen LogP contribution >= 0.6 is 0 Å². The zero-order chi connectivity index (χ0) is 21.8. The molecule has 2 saturated heterocycles. The van der Waals surface area contributed by atoms with Crippen LogP contribution in [0.1, 0.15) is 0 Å². The molecule has 3 aromatic rings. The highest BCUT2D eigenvalue weighted by atomic mass is 16.5. The SMILES string of the molecule is Nc1nc(Nc2ccc(N3CCOCC3)cc2)cc(N2CCN(c3ccccn3)CC2)n1. The van der Waals surface area contributed by atoms with E-state index >= 15 is 0 Å². The third kappa shape index (κ3) is 4.67. The van der Waals surface area contributed by atoms with Crippen molar-refractivity contribution in [3.63, 3.8) is 0 Å². The molecule has 0 aliphatic carbocycles. The van der Waals surface area contributed by atoms with Crippen LogP contribution in [0.3, 0.4) is 0 Å². The van der Waals surface area contributed by atoms with Gasteiger partial charge in [0.1, 0.15) is 17.5 Å². The van der Waals surface area contributed by atoms with Crippen LogP contribution in [0, 0.1) is 0 Å². The molecule has 2 aliphatic rings. The van der Waals surface area contributed by atoms with E-state index in [-0.39, 0.29) is 5.95 Å². The number of hydrogen-bond donors (Lipinski definition) is 2. The Balaban J connectivity index is 1.24. The van der Waals surface area contributed by atoms with Crippen LogP contribution < -0.4 is 25.8 Å². The Morgan fingerprint density at radius 2 is 1.50 bits per heavy atom. The highest BCUT2D eigenvalue weighted by molar-refractivity contribution is 5.64. The molecule has 0 bridgehead atoms. The first-order valence-electron chi connectivity index (χ1n) is 11.0. The lowest BCUT2D eigenvalue weighted by Crippen LogP contribution is -2.47. The van der Waals surface area contributed by atoms with Gasteiger partial charge in [-0.15, -0.1) is 0 Å². The fourth-order valence-electron chi connectivity index (χ4n) is 4.11. The van der Waals surface area contributed by atoms with E-state index in [1.54, 1.807) is 0 Å². The maximum absolute atomic E-state index is 6.03. The molecule has 4 heterocycles. The molecule has 0 atom stereocenters. The van der Waals surface area contributed by atoms with Gasteiger partial charge >= 0.3 is 0 Å². The van der Waals surface area contributed by atoms with Crippen LogP contribution in [0.15, 0.2) is 54.7 Å². The van der Waals surface area contributed by atoms with Crippen molar-refractivity contribution in [2.24, 2.45) is 0 Å². The Hall–Kier alpha value is -3.59. The summed E-state index contributed by atoms with van der Waals surface area (Å²) in [7, 11) is 0. The van der Waals surface area contributed by atoms with Gasteiger partial charge in [0.15, 0.2) is 0 Å². The Kier molecular flexibility index (Phi) is 5.89. The molecule has 9 heteroatoms. The minimum absolute atomic E-state index is 0.266. The van der Waals surface area contributed by atoms with Crippen molar-refractivity contribution < 1.29 is 4.74 Å². The average Bonchev–Trinajstić information content (AvgIpc) is 2.85. The van der Waals surface area contributed by atoms with Gasteiger partial charge in [0.25, 0.3) is 0 Å². The molecule has 5 rings (SSSR count). The summed E-state index contributed by atoms with van der Waals surface area (Å²) in [5, 5.41) is 3.37. The normalized spacial score (nSPS) is 16.8. The molecular formula is C23H28N8O. The van der Waals surface area contributed by atoms with Crippen LogP contribution in [0.4, 0.5) is 34.8 Å². The second-order valence-electron chi connectivity index (χ2n) is 7.90. The predicted molar refractivity (Wildman–Crippen MR) is 128 cm³/mol. The fourth-order valence-corrected chi connectivity index (χ4v) is 4.11. The number of rotatable bonds is 5. The largest absolute Gasteiger partial charge is 0.378 e. The van der Waals surface area contributed by atoms with E-state index in [0.717, 1.165) is 69.8 Å². The molecule has 32 heavy (non-hydrogen) atoms. The monoisotopic (exact) mass is 432 g/mol. The zero-order valence-electron chi connectivity index (χ0n) is 18.0. The maximum Gasteiger partial charge on any atom is 0.223 e. The Morgan fingerprint density at radius 1 is 0.781 bits per heavy atom. The van der Waals surface area contributed by atoms with Crippen molar-refractivity contribution in [3.05, 3.63) is 54.7 Å². The van der Waals surface area contributed by atoms with Gasteiger partial charge in [-0.05, 0) is 36.4 Å². The van der Waals surface area contributed by atoms with E-state index in [1.807, 2.05) is 30.5 Å². The lowest BCUT2D eigenvalue weighted by molar-refractivity contribution is 0.122. The number of benzene rings is 1. The molecule has 2 aliphatic heterocycles. The van der Waals surface area contributed by atoms with E-state index in [0.29, 0.717) is 5.82 Å². The number of hydrogen-bond acceptors (Lipinski definition) is 9. The third-order valence-corrected chi connectivity index (χ3v) is 5.82. The average molecular weight is 433 g/mol.